The monoisotopic (exact) mass is 476 g/mol. The minimum absolute atomic E-state index is 0.267. The minimum atomic E-state index is -0.648. The summed E-state index contributed by atoms with van der Waals surface area (Å²) in [4.78, 5) is 0. The Morgan fingerprint density at radius 3 is 2.27 bits per heavy atom. The molecule has 1 atom stereocenters. The highest BCUT2D eigenvalue weighted by Crippen LogP contribution is 2.55. The zero-order valence-electron chi connectivity index (χ0n) is 20.5. The van der Waals surface area contributed by atoms with Crippen LogP contribution in [0.4, 0.5) is 0 Å². The normalized spacial score (nSPS) is 16.8. The first-order valence-electron chi connectivity index (χ1n) is 12.5. The van der Waals surface area contributed by atoms with Crippen molar-refractivity contribution in [3.63, 3.8) is 0 Å². The lowest BCUT2D eigenvalue weighted by Crippen LogP contribution is -2.33. The van der Waals surface area contributed by atoms with Crippen molar-refractivity contribution >= 4 is 16.3 Å². The summed E-state index contributed by atoms with van der Waals surface area (Å²) in [5.74, 6) is 4.17. The second-order valence-electron chi connectivity index (χ2n) is 9.68. The van der Waals surface area contributed by atoms with Gasteiger partial charge in [-0.2, -0.15) is 0 Å². The zero-order chi connectivity index (χ0) is 25.0. The molecule has 0 saturated heterocycles. The summed E-state index contributed by atoms with van der Waals surface area (Å²) in [6.45, 7) is 2.45. The standard InChI is InChI=1S/C35H24O2/c1-3-18-36-28-15-12-24(13-16-28)27-14-17-34-30(19-27)23(2)22-35(37-34)32-11-7-6-10-29(32)31-20-25-8-4-5-9-26(25)21-33(31)35/h1,4-17,19-22H,18H2,2H3. The number of hydrogen-bond acceptors (Lipinski definition) is 2. The first-order valence-corrected chi connectivity index (χ1v) is 12.5. The molecule has 0 aromatic heterocycles. The van der Waals surface area contributed by atoms with E-state index in [0.29, 0.717) is 0 Å². The second-order valence-corrected chi connectivity index (χ2v) is 9.68. The van der Waals surface area contributed by atoms with Crippen molar-refractivity contribution in [2.75, 3.05) is 6.61 Å². The van der Waals surface area contributed by atoms with E-state index < -0.39 is 5.60 Å². The van der Waals surface area contributed by atoms with E-state index >= 15 is 0 Å². The molecule has 1 aliphatic carbocycles. The van der Waals surface area contributed by atoms with Gasteiger partial charge in [-0.05, 0) is 88.0 Å². The van der Waals surface area contributed by atoms with E-state index in [1.807, 2.05) is 12.1 Å². The van der Waals surface area contributed by atoms with Crippen LogP contribution >= 0.6 is 0 Å². The van der Waals surface area contributed by atoms with Crippen LogP contribution in [0.25, 0.3) is 38.6 Å². The molecule has 176 valence electrons. The van der Waals surface area contributed by atoms with Crippen LogP contribution in [0, 0.1) is 12.3 Å². The van der Waals surface area contributed by atoms with Gasteiger partial charge in [-0.15, -0.1) is 6.42 Å². The topological polar surface area (TPSA) is 18.5 Å². The molecule has 1 spiro atoms. The summed E-state index contributed by atoms with van der Waals surface area (Å²) >= 11 is 0. The number of terminal acetylenes is 1. The lowest BCUT2D eigenvalue weighted by Gasteiger charge is -2.35. The third kappa shape index (κ3) is 3.29. The van der Waals surface area contributed by atoms with Gasteiger partial charge < -0.3 is 9.47 Å². The molecule has 0 N–H and O–H groups in total. The van der Waals surface area contributed by atoms with E-state index in [1.54, 1.807) is 0 Å². The maximum absolute atomic E-state index is 6.99. The van der Waals surface area contributed by atoms with Gasteiger partial charge >= 0.3 is 0 Å². The molecule has 0 saturated carbocycles. The second kappa shape index (κ2) is 8.15. The van der Waals surface area contributed by atoms with Crippen molar-refractivity contribution in [2.24, 2.45) is 0 Å². The van der Waals surface area contributed by atoms with Crippen LogP contribution in [-0.2, 0) is 5.60 Å². The molecule has 0 radical (unpaired) electrons. The van der Waals surface area contributed by atoms with Gasteiger partial charge in [-0.3, -0.25) is 0 Å². The molecule has 5 aromatic carbocycles. The molecule has 0 amide bonds. The van der Waals surface area contributed by atoms with Crippen molar-refractivity contribution in [3.05, 3.63) is 126 Å². The van der Waals surface area contributed by atoms with E-state index in [9.17, 15) is 0 Å². The van der Waals surface area contributed by atoms with Crippen molar-refractivity contribution in [3.8, 4) is 46.1 Å². The summed E-state index contributed by atoms with van der Waals surface area (Å²) in [5.41, 5.74) is 8.78. The van der Waals surface area contributed by atoms with Crippen molar-refractivity contribution in [1.29, 1.82) is 0 Å². The highest BCUT2D eigenvalue weighted by molar-refractivity contribution is 5.95. The Labute approximate surface area is 216 Å². The Kier molecular flexibility index (Phi) is 4.74. The van der Waals surface area contributed by atoms with Gasteiger partial charge in [0.25, 0.3) is 0 Å². The molecule has 37 heavy (non-hydrogen) atoms. The lowest BCUT2D eigenvalue weighted by molar-refractivity contribution is 0.165. The molecular formula is C35H24O2. The van der Waals surface area contributed by atoms with Gasteiger partial charge in [0, 0.05) is 16.7 Å². The van der Waals surface area contributed by atoms with Crippen molar-refractivity contribution in [1.82, 2.24) is 0 Å². The highest BCUT2D eigenvalue weighted by atomic mass is 16.5. The third-order valence-electron chi connectivity index (χ3n) is 7.51. The SMILES string of the molecule is C#CCOc1ccc(-c2ccc3c(c2)C(C)=CC2(O3)c3ccccc3-c3cc4ccccc4cc32)cc1. The molecule has 1 heterocycles. The van der Waals surface area contributed by atoms with Gasteiger partial charge in [0.1, 0.15) is 18.1 Å². The fraction of sp³-hybridized carbons (Fsp3) is 0.0857. The predicted molar refractivity (Wildman–Crippen MR) is 151 cm³/mol. The molecule has 2 aliphatic rings. The molecule has 2 heteroatoms. The first kappa shape index (κ1) is 21.5. The summed E-state index contributed by atoms with van der Waals surface area (Å²) in [6, 6.07) is 36.3. The smallest absolute Gasteiger partial charge is 0.179 e. The van der Waals surface area contributed by atoms with Gasteiger partial charge in [0.15, 0.2) is 5.60 Å². The summed E-state index contributed by atoms with van der Waals surface area (Å²) in [6.07, 6.45) is 7.60. The Hall–Kier alpha value is -4.74. The number of rotatable bonds is 3. The van der Waals surface area contributed by atoms with E-state index in [0.717, 1.165) is 28.2 Å². The lowest BCUT2D eigenvalue weighted by atomic mass is 9.84. The van der Waals surface area contributed by atoms with E-state index in [2.05, 4.69) is 110 Å². The predicted octanol–water partition coefficient (Wildman–Crippen LogP) is 8.24. The molecule has 1 aliphatic heterocycles. The van der Waals surface area contributed by atoms with E-state index in [1.165, 1.54) is 38.6 Å². The van der Waals surface area contributed by atoms with Gasteiger partial charge in [0.2, 0.25) is 0 Å². The maximum Gasteiger partial charge on any atom is 0.179 e. The van der Waals surface area contributed by atoms with Crippen molar-refractivity contribution in [2.45, 2.75) is 12.5 Å². The van der Waals surface area contributed by atoms with Gasteiger partial charge in [-0.1, -0.05) is 72.7 Å². The maximum atomic E-state index is 6.99. The molecule has 0 fully saturated rings. The number of allylic oxidation sites excluding steroid dienone is 1. The molecular weight excluding hydrogens is 452 g/mol. The van der Waals surface area contributed by atoms with E-state index in [-0.39, 0.29) is 6.61 Å². The van der Waals surface area contributed by atoms with Gasteiger partial charge in [0.05, 0.1) is 0 Å². The zero-order valence-corrected chi connectivity index (χ0v) is 20.5. The Morgan fingerprint density at radius 2 is 1.46 bits per heavy atom. The van der Waals surface area contributed by atoms with Crippen molar-refractivity contribution < 1.29 is 9.47 Å². The fourth-order valence-electron chi connectivity index (χ4n) is 5.78. The molecule has 1 unspecified atom stereocenters. The van der Waals surface area contributed by atoms with E-state index in [4.69, 9.17) is 15.9 Å². The molecule has 7 rings (SSSR count). The number of ether oxygens (including phenoxy) is 2. The van der Waals surface area contributed by atoms with Crippen LogP contribution in [0.5, 0.6) is 11.5 Å². The summed E-state index contributed by atoms with van der Waals surface area (Å²) < 4.78 is 12.5. The van der Waals surface area contributed by atoms with Gasteiger partial charge in [-0.25, -0.2) is 0 Å². The quantitative estimate of drug-likeness (QED) is 0.244. The first-order chi connectivity index (χ1) is 18.2. The summed E-state index contributed by atoms with van der Waals surface area (Å²) in [7, 11) is 0. The molecule has 5 aromatic rings. The summed E-state index contributed by atoms with van der Waals surface area (Å²) in [5, 5.41) is 2.46. The molecule has 0 bridgehead atoms. The van der Waals surface area contributed by atoms with Crippen LogP contribution in [0.3, 0.4) is 0 Å². The average Bonchev–Trinajstić information content (AvgIpc) is 3.19. The highest BCUT2D eigenvalue weighted by Gasteiger charge is 2.46. The van der Waals surface area contributed by atoms with Crippen LogP contribution in [0.1, 0.15) is 23.6 Å². The Morgan fingerprint density at radius 1 is 0.730 bits per heavy atom. The fourth-order valence-corrected chi connectivity index (χ4v) is 5.78. The largest absolute Gasteiger partial charge is 0.481 e. The van der Waals surface area contributed by atoms with Crippen LogP contribution in [-0.4, -0.2) is 6.61 Å². The third-order valence-corrected chi connectivity index (χ3v) is 7.51. The number of fused-ring (bicyclic) bond motifs is 7. The number of hydrogen-bond donors (Lipinski definition) is 0. The average molecular weight is 477 g/mol. The Bertz CT molecular complexity index is 1770. The van der Waals surface area contributed by atoms with Crippen LogP contribution < -0.4 is 9.47 Å². The number of benzene rings is 5. The van der Waals surface area contributed by atoms with Crippen LogP contribution in [0.15, 0.2) is 109 Å². The van der Waals surface area contributed by atoms with Crippen LogP contribution in [0.2, 0.25) is 0 Å². The molecule has 2 nitrogen and oxygen atoms in total. The minimum Gasteiger partial charge on any atom is -0.481 e. The Balaban J connectivity index is 1.34.